The molecule has 0 unspecified atom stereocenters. The van der Waals surface area contributed by atoms with Gasteiger partial charge in [0.05, 0.1) is 25.4 Å². The molecular formula is C31H36Cl2N6O2. The van der Waals surface area contributed by atoms with Gasteiger partial charge in [-0.15, -0.1) is 0 Å². The van der Waals surface area contributed by atoms with E-state index in [0.29, 0.717) is 29.6 Å². The van der Waals surface area contributed by atoms with E-state index in [-0.39, 0.29) is 30.4 Å². The van der Waals surface area contributed by atoms with Gasteiger partial charge < -0.3 is 43.9 Å². The van der Waals surface area contributed by atoms with Crippen molar-refractivity contribution < 1.29 is 39.4 Å². The predicted molar refractivity (Wildman–Crippen MR) is 152 cm³/mol. The number of hydrogen-bond donors (Lipinski definition) is 2. The van der Waals surface area contributed by atoms with E-state index >= 15 is 0 Å². The average molecular weight is 596 g/mol. The summed E-state index contributed by atoms with van der Waals surface area (Å²) < 4.78 is 9.06. The minimum atomic E-state index is -0.0205. The molecule has 41 heavy (non-hydrogen) atoms. The Hall–Kier alpha value is -3.43. The molecule has 1 fully saturated rings. The van der Waals surface area contributed by atoms with Crippen molar-refractivity contribution in [2.45, 2.75) is 25.9 Å². The van der Waals surface area contributed by atoms with Gasteiger partial charge in [-0.05, 0) is 13.0 Å². The summed E-state index contributed by atoms with van der Waals surface area (Å²) in [5, 5.41) is 0. The van der Waals surface area contributed by atoms with Crippen molar-refractivity contribution >= 4 is 16.7 Å². The van der Waals surface area contributed by atoms with Crippen LogP contribution in [0.15, 0.2) is 83.8 Å². The lowest BCUT2D eigenvalue weighted by Gasteiger charge is -2.35. The van der Waals surface area contributed by atoms with Crippen LogP contribution in [0.25, 0.3) is 16.7 Å². The summed E-state index contributed by atoms with van der Waals surface area (Å²) in [4.78, 5) is 25.7. The first-order valence-electron chi connectivity index (χ1n) is 13.8. The SMILES string of the molecule is COc1ccc2c(n1)n1c(C)ncc1c(=O)n2CCC[NH+]1CC[NH+](C(c2ccccc2)c2ccccc2)CC1.[Cl-].[Cl-]. The van der Waals surface area contributed by atoms with E-state index in [1.54, 1.807) is 23.1 Å². The maximum Gasteiger partial charge on any atom is 0.277 e. The van der Waals surface area contributed by atoms with Gasteiger partial charge in [-0.2, -0.15) is 4.98 Å². The molecule has 8 nitrogen and oxygen atoms in total. The first kappa shape index (κ1) is 30.5. The zero-order chi connectivity index (χ0) is 26.8. The van der Waals surface area contributed by atoms with Crippen molar-refractivity contribution in [3.05, 3.63) is 106 Å². The lowest BCUT2D eigenvalue weighted by molar-refractivity contribution is -1.02. The number of rotatable bonds is 8. The average Bonchev–Trinajstić information content (AvgIpc) is 3.38. The van der Waals surface area contributed by atoms with Gasteiger partial charge in [-0.1, -0.05) is 60.7 Å². The van der Waals surface area contributed by atoms with Crippen LogP contribution in [0, 0.1) is 6.92 Å². The normalized spacial score (nSPS) is 16.9. The highest BCUT2D eigenvalue weighted by molar-refractivity contribution is 5.76. The summed E-state index contributed by atoms with van der Waals surface area (Å²) >= 11 is 0. The molecule has 1 aliphatic heterocycles. The standard InChI is InChI=1S/C31H34N6O2.2ClH/c1-23-32-22-27-31(38)36(26-14-15-28(39-2)33-30(26)37(23)27)17-9-16-34-18-20-35(21-19-34)29(24-10-5-3-6-11-24)25-12-7-4-8-13-25;;/h3-8,10-15,22,29H,9,16-21H2,1-2H3;2*1H. The molecule has 0 saturated carbocycles. The third-order valence-corrected chi connectivity index (χ3v) is 8.13. The van der Waals surface area contributed by atoms with Gasteiger partial charge in [-0.25, -0.2) is 4.98 Å². The summed E-state index contributed by atoms with van der Waals surface area (Å²) in [6, 6.07) is 25.9. The number of methoxy groups -OCH3 is 1. The van der Waals surface area contributed by atoms with Crippen LogP contribution < -0.4 is 44.9 Å². The number of piperazine rings is 1. The third kappa shape index (κ3) is 6.11. The Labute approximate surface area is 252 Å². The van der Waals surface area contributed by atoms with Gasteiger partial charge in [-0.3, -0.25) is 9.20 Å². The molecule has 0 radical (unpaired) electrons. The zero-order valence-electron chi connectivity index (χ0n) is 23.4. The molecule has 2 N–H and O–H groups in total. The van der Waals surface area contributed by atoms with E-state index < -0.39 is 0 Å². The van der Waals surface area contributed by atoms with E-state index in [0.717, 1.165) is 50.5 Å². The Morgan fingerprint density at radius 2 is 1.51 bits per heavy atom. The second-order valence-electron chi connectivity index (χ2n) is 10.4. The van der Waals surface area contributed by atoms with E-state index in [4.69, 9.17) is 4.74 Å². The number of benzene rings is 2. The van der Waals surface area contributed by atoms with Crippen LogP contribution in [0.4, 0.5) is 0 Å². The second-order valence-corrected chi connectivity index (χ2v) is 10.4. The summed E-state index contributed by atoms with van der Waals surface area (Å²) in [6.07, 6.45) is 2.58. The number of nitrogens with one attached hydrogen (secondary N) is 2. The van der Waals surface area contributed by atoms with Crippen LogP contribution in [-0.2, 0) is 6.54 Å². The quantitative estimate of drug-likeness (QED) is 0.190. The molecule has 216 valence electrons. The van der Waals surface area contributed by atoms with Crippen molar-refractivity contribution in [1.29, 1.82) is 0 Å². The van der Waals surface area contributed by atoms with Gasteiger partial charge in [0.15, 0.2) is 5.65 Å². The number of hydrogen-bond acceptors (Lipinski definition) is 4. The largest absolute Gasteiger partial charge is 1.00 e. The monoisotopic (exact) mass is 594 g/mol. The maximum atomic E-state index is 13.4. The third-order valence-electron chi connectivity index (χ3n) is 8.13. The second kappa shape index (κ2) is 13.5. The fourth-order valence-electron chi connectivity index (χ4n) is 6.15. The van der Waals surface area contributed by atoms with Crippen LogP contribution in [-0.4, -0.2) is 58.8 Å². The van der Waals surface area contributed by atoms with Gasteiger partial charge in [0.25, 0.3) is 5.56 Å². The molecule has 2 aromatic carbocycles. The van der Waals surface area contributed by atoms with Crippen LogP contribution in [0.2, 0.25) is 0 Å². The topological polar surface area (TPSA) is 70.3 Å². The molecule has 0 amide bonds. The van der Waals surface area contributed by atoms with Gasteiger partial charge in [0.1, 0.15) is 43.6 Å². The summed E-state index contributed by atoms with van der Waals surface area (Å²) in [6.45, 7) is 8.08. The van der Waals surface area contributed by atoms with E-state index in [1.165, 1.54) is 11.1 Å². The minimum Gasteiger partial charge on any atom is -1.00 e. The predicted octanol–water partition coefficient (Wildman–Crippen LogP) is -4.67. The first-order valence-corrected chi connectivity index (χ1v) is 13.8. The number of quaternary nitrogens is 2. The zero-order valence-corrected chi connectivity index (χ0v) is 24.9. The summed E-state index contributed by atoms with van der Waals surface area (Å²) in [5.74, 6) is 1.27. The van der Waals surface area contributed by atoms with Crippen molar-refractivity contribution in [2.24, 2.45) is 0 Å². The smallest absolute Gasteiger partial charge is 0.277 e. The van der Waals surface area contributed by atoms with Crippen molar-refractivity contribution in [3.8, 4) is 5.88 Å². The summed E-state index contributed by atoms with van der Waals surface area (Å²) in [5.41, 5.74) is 4.81. The molecule has 0 atom stereocenters. The number of imidazole rings is 1. The lowest BCUT2D eigenvalue weighted by atomic mass is 9.96. The Morgan fingerprint density at radius 3 is 2.12 bits per heavy atom. The molecule has 6 rings (SSSR count). The lowest BCUT2D eigenvalue weighted by Crippen LogP contribution is -3.28. The number of aromatic nitrogens is 4. The number of aryl methyl sites for hydroxylation is 2. The van der Waals surface area contributed by atoms with E-state index in [2.05, 4.69) is 70.6 Å². The van der Waals surface area contributed by atoms with Crippen LogP contribution >= 0.6 is 0 Å². The first-order chi connectivity index (χ1) is 19.1. The fourth-order valence-corrected chi connectivity index (χ4v) is 6.15. The number of fused-ring (bicyclic) bond motifs is 3. The molecule has 1 saturated heterocycles. The van der Waals surface area contributed by atoms with Crippen molar-refractivity contribution in [1.82, 2.24) is 18.9 Å². The highest BCUT2D eigenvalue weighted by Crippen LogP contribution is 2.20. The Bertz CT molecular complexity index is 1590. The Balaban J connectivity index is 0.00000194. The fraction of sp³-hybridized carbons (Fsp3) is 0.323. The molecule has 0 spiro atoms. The van der Waals surface area contributed by atoms with Crippen molar-refractivity contribution in [2.75, 3.05) is 39.8 Å². The van der Waals surface area contributed by atoms with Gasteiger partial charge in [0, 0.05) is 30.2 Å². The number of pyridine rings is 1. The highest BCUT2D eigenvalue weighted by atomic mass is 35.5. The molecular weight excluding hydrogens is 559 g/mol. The molecule has 1 aliphatic rings. The molecule has 0 bridgehead atoms. The van der Waals surface area contributed by atoms with Crippen LogP contribution in [0.5, 0.6) is 5.88 Å². The van der Waals surface area contributed by atoms with Gasteiger partial charge >= 0.3 is 0 Å². The van der Waals surface area contributed by atoms with Gasteiger partial charge in [0.2, 0.25) is 5.88 Å². The molecule has 0 aliphatic carbocycles. The summed E-state index contributed by atoms with van der Waals surface area (Å²) in [7, 11) is 1.61. The maximum absolute atomic E-state index is 13.4. The molecule has 3 aromatic heterocycles. The van der Waals surface area contributed by atoms with Crippen molar-refractivity contribution in [3.63, 3.8) is 0 Å². The van der Waals surface area contributed by atoms with Crippen LogP contribution in [0.3, 0.4) is 0 Å². The number of nitrogens with zero attached hydrogens (tertiary/aromatic N) is 4. The molecule has 5 aromatic rings. The number of ether oxygens (including phenoxy) is 1. The highest BCUT2D eigenvalue weighted by Gasteiger charge is 2.31. The van der Waals surface area contributed by atoms with Crippen LogP contribution in [0.1, 0.15) is 29.4 Å². The van der Waals surface area contributed by atoms with E-state index in [1.807, 2.05) is 28.0 Å². The number of halogens is 2. The minimum absolute atomic E-state index is 0. The Kier molecular flexibility index (Phi) is 10.0. The molecule has 4 heterocycles. The van der Waals surface area contributed by atoms with E-state index in [9.17, 15) is 4.79 Å². The molecule has 10 heteroatoms. The Morgan fingerprint density at radius 1 is 0.878 bits per heavy atom.